The number of nitrogens with zero attached hydrogens (tertiary/aromatic N) is 11. The maximum absolute atomic E-state index is 14.2. The van der Waals surface area contributed by atoms with Gasteiger partial charge in [0.25, 0.3) is 11.8 Å². The SMILES string of the molecule is CC1=Nc2c3c(nn2C(CCc2nc4c5c(nn4c(C)c2C)CN(C(=O)c2ccccc2OCCN2CCCCC2)C5)C1C)CN(C(=O)c1ccccc1N1CCCN(C)CC1)C3. The van der Waals surface area contributed by atoms with Crippen LogP contribution in [0.3, 0.4) is 0 Å². The highest BCUT2D eigenvalue weighted by molar-refractivity contribution is 6.00. The molecule has 0 saturated carbocycles. The second-order valence-corrected chi connectivity index (χ2v) is 18.5. The lowest BCUT2D eigenvalue weighted by Gasteiger charge is -2.30. The van der Waals surface area contributed by atoms with Gasteiger partial charge in [-0.25, -0.2) is 19.2 Å². The Morgan fingerprint density at radius 1 is 0.762 bits per heavy atom. The first-order valence-corrected chi connectivity index (χ1v) is 23.2. The average molecular weight is 852 g/mol. The molecule has 2 aromatic carbocycles. The second-order valence-electron chi connectivity index (χ2n) is 18.5. The fourth-order valence-corrected chi connectivity index (χ4v) is 10.4. The third-order valence-corrected chi connectivity index (χ3v) is 14.5. The van der Waals surface area contributed by atoms with Crippen molar-refractivity contribution in [2.45, 2.75) is 98.4 Å². The Kier molecular flexibility index (Phi) is 11.3. The van der Waals surface area contributed by atoms with Gasteiger partial charge in [-0.3, -0.25) is 14.5 Å². The quantitative estimate of drug-likeness (QED) is 0.150. The number of aliphatic imine (C=N–C) groups is 1. The molecule has 5 aliphatic rings. The number of likely N-dealkylation sites (tertiary alicyclic amines) is 1. The van der Waals surface area contributed by atoms with Crippen molar-refractivity contribution >= 4 is 34.7 Å². The molecule has 2 saturated heterocycles. The minimum Gasteiger partial charge on any atom is -0.491 e. The van der Waals surface area contributed by atoms with E-state index >= 15 is 0 Å². The lowest BCUT2D eigenvalue weighted by molar-refractivity contribution is 0.0739. The number of aromatic nitrogens is 5. The summed E-state index contributed by atoms with van der Waals surface area (Å²) in [7, 11) is 2.17. The maximum Gasteiger partial charge on any atom is 0.258 e. The van der Waals surface area contributed by atoms with Gasteiger partial charge in [-0.05, 0) is 109 Å². The average Bonchev–Trinajstić information content (AvgIpc) is 4.04. The normalized spacial score (nSPS) is 20.5. The third kappa shape index (κ3) is 7.79. The molecule has 0 radical (unpaired) electrons. The number of likely N-dealkylation sites (N-methyl/N-ethyl adjacent to an activating group) is 1. The number of hydrogen-bond acceptors (Lipinski definition) is 10. The molecule has 5 aliphatic heterocycles. The summed E-state index contributed by atoms with van der Waals surface area (Å²) in [5, 5.41) is 10.2. The van der Waals surface area contributed by atoms with Crippen LogP contribution in [0.2, 0.25) is 0 Å². The minimum absolute atomic E-state index is 0.0462. The van der Waals surface area contributed by atoms with Crippen molar-refractivity contribution < 1.29 is 14.3 Å². The first-order valence-electron chi connectivity index (χ1n) is 23.2. The van der Waals surface area contributed by atoms with Gasteiger partial charge in [-0.15, -0.1) is 0 Å². The number of rotatable bonds is 10. The lowest BCUT2D eigenvalue weighted by atomic mass is 9.91. The predicted molar refractivity (Wildman–Crippen MR) is 244 cm³/mol. The highest BCUT2D eigenvalue weighted by atomic mass is 16.5. The lowest BCUT2D eigenvalue weighted by Crippen LogP contribution is -2.33. The number of carbonyl (C=O) groups is 2. The molecule has 2 fully saturated rings. The van der Waals surface area contributed by atoms with Gasteiger partial charge < -0.3 is 24.3 Å². The van der Waals surface area contributed by atoms with Crippen molar-refractivity contribution in [2.75, 3.05) is 64.4 Å². The summed E-state index contributed by atoms with van der Waals surface area (Å²) < 4.78 is 10.3. The minimum atomic E-state index is -0.0487. The van der Waals surface area contributed by atoms with Gasteiger partial charge in [0, 0.05) is 66.0 Å². The molecule has 2 unspecified atom stereocenters. The van der Waals surface area contributed by atoms with Gasteiger partial charge >= 0.3 is 0 Å². The van der Waals surface area contributed by atoms with Crippen LogP contribution in [0.1, 0.15) is 112 Å². The standard InChI is InChI=1S/C49H61N11O3/c1-32-34(3)50-46-38-28-57(48(61)36-14-7-9-16-44(36)56-23-13-20-54(5)24-25-56)31-42(38)53-60(46)43(32)19-18-40-33(2)35(4)59-47(51-40)39-29-58(30-41(39)52-59)49(62)37-15-8-10-17-45(37)63-27-26-55-21-11-6-12-22-55/h7-10,14-17,32,43H,6,11-13,18-31H2,1-5H3. The topological polar surface area (TPSA) is 120 Å². The molecule has 8 heterocycles. The Hall–Kier alpha value is -5.60. The van der Waals surface area contributed by atoms with Crippen LogP contribution in [-0.4, -0.2) is 121 Å². The van der Waals surface area contributed by atoms with E-state index in [0.29, 0.717) is 44.1 Å². The monoisotopic (exact) mass is 851 g/mol. The van der Waals surface area contributed by atoms with Gasteiger partial charge in [0.2, 0.25) is 0 Å². The number of hydrogen-bond donors (Lipinski definition) is 0. The Morgan fingerprint density at radius 2 is 1.48 bits per heavy atom. The van der Waals surface area contributed by atoms with Crippen LogP contribution in [0.25, 0.3) is 5.65 Å². The van der Waals surface area contributed by atoms with Crippen LogP contribution in [-0.2, 0) is 32.6 Å². The summed E-state index contributed by atoms with van der Waals surface area (Å²) in [6, 6.07) is 15.8. The van der Waals surface area contributed by atoms with E-state index in [0.717, 1.165) is 133 Å². The molecule has 0 bridgehead atoms. The summed E-state index contributed by atoms with van der Waals surface area (Å²) in [5.41, 5.74) is 11.4. The van der Waals surface area contributed by atoms with E-state index in [9.17, 15) is 9.59 Å². The van der Waals surface area contributed by atoms with E-state index in [2.05, 4.69) is 60.2 Å². The van der Waals surface area contributed by atoms with Crippen LogP contribution in [0, 0.1) is 19.8 Å². The van der Waals surface area contributed by atoms with Crippen molar-refractivity contribution in [2.24, 2.45) is 10.9 Å². The number of amides is 2. The Bertz CT molecular complexity index is 2590. The van der Waals surface area contributed by atoms with E-state index in [4.69, 9.17) is 24.9 Å². The zero-order valence-corrected chi connectivity index (χ0v) is 37.6. The van der Waals surface area contributed by atoms with Crippen LogP contribution < -0.4 is 9.64 Å². The summed E-state index contributed by atoms with van der Waals surface area (Å²) in [6.45, 7) is 18.0. The van der Waals surface area contributed by atoms with Gasteiger partial charge in [0.15, 0.2) is 11.5 Å². The largest absolute Gasteiger partial charge is 0.491 e. The van der Waals surface area contributed by atoms with E-state index < -0.39 is 0 Å². The van der Waals surface area contributed by atoms with E-state index in [1.165, 1.54) is 19.3 Å². The highest BCUT2D eigenvalue weighted by Crippen LogP contribution is 2.42. The van der Waals surface area contributed by atoms with Gasteiger partial charge in [-0.1, -0.05) is 37.6 Å². The molecule has 2 atom stereocenters. The third-order valence-electron chi connectivity index (χ3n) is 14.5. The Balaban J connectivity index is 0.835. The summed E-state index contributed by atoms with van der Waals surface area (Å²) in [5.74, 6) is 1.71. The van der Waals surface area contributed by atoms with Gasteiger partial charge in [-0.2, -0.15) is 10.2 Å². The molecule has 3 aromatic heterocycles. The number of aryl methyl sites for hydroxylation is 2. The Morgan fingerprint density at radius 3 is 2.29 bits per heavy atom. The summed E-state index contributed by atoms with van der Waals surface area (Å²) >= 11 is 0. The zero-order valence-electron chi connectivity index (χ0n) is 37.6. The van der Waals surface area contributed by atoms with E-state index in [-0.39, 0.29) is 23.8 Å². The second kappa shape index (κ2) is 17.2. The molecular formula is C49H61N11O3. The first-order chi connectivity index (χ1) is 30.6. The number of para-hydroxylation sites is 2. The predicted octanol–water partition coefficient (Wildman–Crippen LogP) is 6.78. The maximum atomic E-state index is 14.2. The number of ether oxygens (including phenoxy) is 1. The molecule has 14 nitrogen and oxygen atoms in total. The molecular weight excluding hydrogens is 791 g/mol. The zero-order chi connectivity index (χ0) is 43.4. The van der Waals surface area contributed by atoms with Gasteiger partial charge in [0.05, 0.1) is 54.7 Å². The first kappa shape index (κ1) is 41.4. The van der Waals surface area contributed by atoms with Crippen LogP contribution in [0.15, 0.2) is 53.5 Å². The molecule has 2 amide bonds. The van der Waals surface area contributed by atoms with Crippen molar-refractivity contribution in [1.82, 2.24) is 44.0 Å². The molecule has 0 N–H and O–H groups in total. The number of fused-ring (bicyclic) bond motifs is 6. The molecule has 0 spiro atoms. The summed E-state index contributed by atoms with van der Waals surface area (Å²) in [6.07, 6.45) is 6.45. The van der Waals surface area contributed by atoms with E-state index in [1.807, 2.05) is 56.8 Å². The fraction of sp³-hybridized carbons (Fsp3) is 0.510. The van der Waals surface area contributed by atoms with Crippen molar-refractivity contribution in [3.8, 4) is 5.75 Å². The van der Waals surface area contributed by atoms with Gasteiger partial charge in [0.1, 0.15) is 12.4 Å². The molecule has 5 aromatic rings. The van der Waals surface area contributed by atoms with Crippen molar-refractivity contribution in [3.05, 3.63) is 99.1 Å². The Labute approximate surface area is 370 Å². The number of carbonyl (C=O) groups excluding carboxylic acids is 2. The van der Waals surface area contributed by atoms with Crippen molar-refractivity contribution in [3.63, 3.8) is 0 Å². The van der Waals surface area contributed by atoms with Crippen LogP contribution >= 0.6 is 0 Å². The smallest absolute Gasteiger partial charge is 0.258 e. The molecule has 330 valence electrons. The number of benzene rings is 2. The number of anilines is 1. The van der Waals surface area contributed by atoms with Crippen LogP contribution in [0.4, 0.5) is 11.5 Å². The number of piperidine rings is 1. The molecule has 14 heteroatoms. The summed E-state index contributed by atoms with van der Waals surface area (Å²) in [4.78, 5) is 49.7. The molecule has 10 rings (SSSR count). The van der Waals surface area contributed by atoms with Crippen LogP contribution in [0.5, 0.6) is 5.75 Å². The highest BCUT2D eigenvalue weighted by Gasteiger charge is 2.38. The van der Waals surface area contributed by atoms with Crippen molar-refractivity contribution in [1.29, 1.82) is 0 Å². The van der Waals surface area contributed by atoms with E-state index in [1.54, 1.807) is 0 Å². The molecule has 63 heavy (non-hydrogen) atoms. The molecule has 0 aliphatic carbocycles. The fourth-order valence-electron chi connectivity index (χ4n) is 10.4.